The number of morpholine rings is 1. The zero-order valence-corrected chi connectivity index (χ0v) is 14.6. The second-order valence-electron chi connectivity index (χ2n) is 6.23. The van der Waals surface area contributed by atoms with Crippen LogP contribution < -0.4 is 4.90 Å². The van der Waals surface area contributed by atoms with E-state index in [1.807, 2.05) is 56.1 Å². The smallest absolute Gasteiger partial charge is 0.257 e. The number of carbonyl (C=O) groups excluding carboxylic acids is 1. The summed E-state index contributed by atoms with van der Waals surface area (Å²) in [7, 11) is 5.73. The molecule has 0 aromatic carbocycles. The van der Waals surface area contributed by atoms with Gasteiger partial charge in [-0.25, -0.2) is 4.98 Å². The molecule has 3 rings (SSSR count). The van der Waals surface area contributed by atoms with E-state index in [4.69, 9.17) is 4.74 Å². The summed E-state index contributed by atoms with van der Waals surface area (Å²) in [5.74, 6) is 0.875. The number of pyridine rings is 1. The van der Waals surface area contributed by atoms with Crippen LogP contribution in [0.2, 0.25) is 0 Å². The van der Waals surface area contributed by atoms with Crippen LogP contribution in [0.5, 0.6) is 0 Å². The summed E-state index contributed by atoms with van der Waals surface area (Å²) in [5.41, 5.74) is 2.24. The maximum atomic E-state index is 12.8. The van der Waals surface area contributed by atoms with Gasteiger partial charge in [-0.1, -0.05) is 6.07 Å². The van der Waals surface area contributed by atoms with Gasteiger partial charge in [0.2, 0.25) is 0 Å². The van der Waals surface area contributed by atoms with Gasteiger partial charge in [0.1, 0.15) is 11.9 Å². The number of rotatable bonds is 3. The van der Waals surface area contributed by atoms with Crippen molar-refractivity contribution in [1.82, 2.24) is 19.7 Å². The van der Waals surface area contributed by atoms with Gasteiger partial charge in [-0.05, 0) is 19.1 Å². The van der Waals surface area contributed by atoms with E-state index in [0.29, 0.717) is 25.3 Å². The fourth-order valence-electron chi connectivity index (χ4n) is 2.86. The topological polar surface area (TPSA) is 63.5 Å². The summed E-state index contributed by atoms with van der Waals surface area (Å²) in [5, 5.41) is 4.26. The van der Waals surface area contributed by atoms with Crippen LogP contribution in [-0.4, -0.2) is 59.4 Å². The summed E-state index contributed by atoms with van der Waals surface area (Å²) < 4.78 is 7.52. The zero-order valence-electron chi connectivity index (χ0n) is 14.6. The molecule has 128 valence electrons. The molecule has 24 heavy (non-hydrogen) atoms. The standard InChI is InChI=1S/C17H23N5O2/c1-12-13(10-21(4)19-12)17(23)22-8-9-24-15(11-22)14-6-5-7-16(18-14)20(2)3/h5-7,10,15H,8-9,11H2,1-4H3/t15-/m0/s1. The first-order valence-electron chi connectivity index (χ1n) is 8.01. The summed E-state index contributed by atoms with van der Waals surface area (Å²) in [4.78, 5) is 21.2. The van der Waals surface area contributed by atoms with Gasteiger partial charge in [0, 0.05) is 33.9 Å². The Morgan fingerprint density at radius 1 is 1.38 bits per heavy atom. The van der Waals surface area contributed by atoms with Crippen molar-refractivity contribution in [2.24, 2.45) is 7.05 Å². The van der Waals surface area contributed by atoms with Crippen molar-refractivity contribution in [3.63, 3.8) is 0 Å². The quantitative estimate of drug-likeness (QED) is 0.852. The molecule has 7 nitrogen and oxygen atoms in total. The predicted octanol–water partition coefficient (Wildman–Crippen LogP) is 1.40. The maximum Gasteiger partial charge on any atom is 0.257 e. The average Bonchev–Trinajstić information content (AvgIpc) is 2.92. The van der Waals surface area contributed by atoms with E-state index in [1.165, 1.54) is 0 Å². The van der Waals surface area contributed by atoms with Crippen LogP contribution in [0, 0.1) is 6.92 Å². The molecule has 0 spiro atoms. The van der Waals surface area contributed by atoms with Gasteiger partial charge in [0.25, 0.3) is 5.91 Å². The molecule has 0 saturated carbocycles. The van der Waals surface area contributed by atoms with Crippen LogP contribution in [0.25, 0.3) is 0 Å². The third-order valence-corrected chi connectivity index (χ3v) is 4.14. The van der Waals surface area contributed by atoms with Gasteiger partial charge in [-0.3, -0.25) is 9.48 Å². The first kappa shape index (κ1) is 16.4. The first-order valence-corrected chi connectivity index (χ1v) is 8.01. The van der Waals surface area contributed by atoms with Gasteiger partial charge in [0.05, 0.1) is 30.1 Å². The highest BCUT2D eigenvalue weighted by Crippen LogP contribution is 2.24. The minimum absolute atomic E-state index is 0.00216. The Balaban J connectivity index is 1.78. The molecular weight excluding hydrogens is 306 g/mol. The Morgan fingerprint density at radius 3 is 2.83 bits per heavy atom. The van der Waals surface area contributed by atoms with E-state index in [-0.39, 0.29) is 12.0 Å². The monoisotopic (exact) mass is 329 g/mol. The van der Waals surface area contributed by atoms with Crippen LogP contribution >= 0.6 is 0 Å². The fraction of sp³-hybridized carbons (Fsp3) is 0.471. The Morgan fingerprint density at radius 2 is 2.17 bits per heavy atom. The molecule has 1 aliphatic heterocycles. The number of aryl methyl sites for hydroxylation is 2. The summed E-state index contributed by atoms with van der Waals surface area (Å²) in [6.07, 6.45) is 1.56. The van der Waals surface area contributed by atoms with Crippen molar-refractivity contribution in [2.75, 3.05) is 38.7 Å². The van der Waals surface area contributed by atoms with E-state index < -0.39 is 0 Å². The number of amides is 1. The molecule has 7 heteroatoms. The summed E-state index contributed by atoms with van der Waals surface area (Å²) in [6, 6.07) is 5.86. The predicted molar refractivity (Wildman–Crippen MR) is 91.1 cm³/mol. The van der Waals surface area contributed by atoms with Crippen LogP contribution in [0.3, 0.4) is 0 Å². The van der Waals surface area contributed by atoms with E-state index in [9.17, 15) is 4.79 Å². The van der Waals surface area contributed by atoms with E-state index in [1.54, 1.807) is 10.9 Å². The first-order chi connectivity index (χ1) is 11.5. The van der Waals surface area contributed by atoms with Gasteiger partial charge in [0.15, 0.2) is 0 Å². The zero-order chi connectivity index (χ0) is 17.3. The lowest BCUT2D eigenvalue weighted by Crippen LogP contribution is -2.42. The van der Waals surface area contributed by atoms with E-state index >= 15 is 0 Å². The van der Waals surface area contributed by atoms with Crippen molar-refractivity contribution in [2.45, 2.75) is 13.0 Å². The highest BCUT2D eigenvalue weighted by molar-refractivity contribution is 5.95. The molecule has 1 aliphatic rings. The maximum absolute atomic E-state index is 12.8. The SMILES string of the molecule is Cc1nn(C)cc1C(=O)N1CCO[C@H](c2cccc(N(C)C)n2)C1. The Kier molecular flexibility index (Phi) is 4.53. The molecule has 0 N–H and O–H groups in total. The number of anilines is 1. The van der Waals surface area contributed by atoms with E-state index in [0.717, 1.165) is 17.2 Å². The molecule has 0 aliphatic carbocycles. The molecule has 0 radical (unpaired) electrons. The fourth-order valence-corrected chi connectivity index (χ4v) is 2.86. The molecule has 1 atom stereocenters. The second kappa shape index (κ2) is 6.60. The summed E-state index contributed by atoms with van der Waals surface area (Å²) >= 11 is 0. The number of ether oxygens (including phenoxy) is 1. The number of aromatic nitrogens is 3. The van der Waals surface area contributed by atoms with Gasteiger partial charge >= 0.3 is 0 Å². The molecule has 3 heterocycles. The van der Waals surface area contributed by atoms with Crippen LogP contribution in [0.15, 0.2) is 24.4 Å². The number of carbonyl (C=O) groups is 1. The lowest BCUT2D eigenvalue weighted by molar-refractivity contribution is -0.0247. The Labute approximate surface area is 141 Å². The molecule has 1 amide bonds. The van der Waals surface area contributed by atoms with Crippen molar-refractivity contribution < 1.29 is 9.53 Å². The highest BCUT2D eigenvalue weighted by atomic mass is 16.5. The lowest BCUT2D eigenvalue weighted by atomic mass is 10.1. The molecule has 2 aromatic rings. The van der Waals surface area contributed by atoms with Crippen molar-refractivity contribution >= 4 is 11.7 Å². The van der Waals surface area contributed by atoms with Crippen molar-refractivity contribution in [1.29, 1.82) is 0 Å². The minimum Gasteiger partial charge on any atom is -0.368 e. The van der Waals surface area contributed by atoms with Gasteiger partial charge in [-0.2, -0.15) is 5.10 Å². The number of nitrogens with zero attached hydrogens (tertiary/aromatic N) is 5. The summed E-state index contributed by atoms with van der Waals surface area (Å²) in [6.45, 7) is 3.44. The normalized spacial score (nSPS) is 17.8. The Hall–Kier alpha value is -2.41. The molecule has 1 saturated heterocycles. The number of hydrogen-bond donors (Lipinski definition) is 0. The van der Waals surface area contributed by atoms with Crippen LogP contribution in [-0.2, 0) is 11.8 Å². The minimum atomic E-state index is -0.209. The van der Waals surface area contributed by atoms with Crippen molar-refractivity contribution in [3.05, 3.63) is 41.3 Å². The third-order valence-electron chi connectivity index (χ3n) is 4.14. The van der Waals surface area contributed by atoms with Crippen LogP contribution in [0.1, 0.15) is 27.8 Å². The Bertz CT molecular complexity index is 740. The van der Waals surface area contributed by atoms with Crippen molar-refractivity contribution in [3.8, 4) is 0 Å². The average molecular weight is 329 g/mol. The lowest BCUT2D eigenvalue weighted by Gasteiger charge is -2.32. The molecule has 2 aromatic heterocycles. The molecule has 0 unspecified atom stereocenters. The van der Waals surface area contributed by atoms with E-state index in [2.05, 4.69) is 10.1 Å². The van der Waals surface area contributed by atoms with Crippen LogP contribution in [0.4, 0.5) is 5.82 Å². The van der Waals surface area contributed by atoms with Gasteiger partial charge < -0.3 is 14.5 Å². The molecular formula is C17H23N5O2. The second-order valence-corrected chi connectivity index (χ2v) is 6.23. The largest absolute Gasteiger partial charge is 0.368 e. The van der Waals surface area contributed by atoms with Gasteiger partial charge in [-0.15, -0.1) is 0 Å². The highest BCUT2D eigenvalue weighted by Gasteiger charge is 2.28. The molecule has 1 fully saturated rings. The molecule has 0 bridgehead atoms. The third kappa shape index (κ3) is 3.26. The number of hydrogen-bond acceptors (Lipinski definition) is 5.